The molecule has 4 rings (SSSR count). The van der Waals surface area contributed by atoms with Gasteiger partial charge in [-0.2, -0.15) is 4.98 Å². The summed E-state index contributed by atoms with van der Waals surface area (Å²) < 4.78 is 12.9. The molecule has 0 aliphatic carbocycles. The molecule has 0 radical (unpaired) electrons. The highest BCUT2D eigenvalue weighted by atomic mass is 16.5. The van der Waals surface area contributed by atoms with Crippen molar-refractivity contribution in [3.05, 3.63) is 105 Å². The lowest BCUT2D eigenvalue weighted by Gasteiger charge is -2.16. The molecule has 0 fully saturated rings. The minimum atomic E-state index is -0.654. The number of nitrogens with zero attached hydrogens (tertiary/aromatic N) is 4. The van der Waals surface area contributed by atoms with Crippen molar-refractivity contribution in [2.24, 2.45) is 0 Å². The van der Waals surface area contributed by atoms with Crippen LogP contribution in [-0.2, 0) is 19.6 Å². The number of aromatic nitrogens is 4. The summed E-state index contributed by atoms with van der Waals surface area (Å²) in [6, 6.07) is 18.1. The minimum Gasteiger partial charge on any atom is -0.497 e. The number of hydrogen-bond donors (Lipinski definition) is 2. The van der Waals surface area contributed by atoms with Crippen LogP contribution in [0.3, 0.4) is 0 Å². The van der Waals surface area contributed by atoms with Crippen molar-refractivity contribution < 1.29 is 9.47 Å². The summed E-state index contributed by atoms with van der Waals surface area (Å²) >= 11 is 0. The SMILES string of the molecule is COc1ccc(Cn2c(NCc3cccnc3N)nc(=O)n(Cc3ccc(OC)cc3)c2=O)cc1. The molecule has 35 heavy (non-hydrogen) atoms. The molecule has 0 amide bonds. The molecule has 180 valence electrons. The van der Waals surface area contributed by atoms with Crippen LogP contribution >= 0.6 is 0 Å². The third-order valence-corrected chi connectivity index (χ3v) is 5.51. The van der Waals surface area contributed by atoms with Crippen LogP contribution in [0.25, 0.3) is 0 Å². The Hall–Kier alpha value is -4.60. The number of rotatable bonds is 9. The normalized spacial score (nSPS) is 10.7. The van der Waals surface area contributed by atoms with Gasteiger partial charge in [-0.15, -0.1) is 0 Å². The molecular formula is C25H26N6O4. The van der Waals surface area contributed by atoms with Gasteiger partial charge in [0.25, 0.3) is 0 Å². The van der Waals surface area contributed by atoms with Crippen molar-refractivity contribution in [2.45, 2.75) is 19.6 Å². The van der Waals surface area contributed by atoms with E-state index in [-0.39, 0.29) is 25.6 Å². The van der Waals surface area contributed by atoms with E-state index in [9.17, 15) is 9.59 Å². The van der Waals surface area contributed by atoms with Crippen LogP contribution in [0, 0.1) is 0 Å². The number of hydrogen-bond acceptors (Lipinski definition) is 8. The smallest absolute Gasteiger partial charge is 0.355 e. The summed E-state index contributed by atoms with van der Waals surface area (Å²) in [5, 5.41) is 3.08. The first-order valence-corrected chi connectivity index (χ1v) is 10.9. The second-order valence-corrected chi connectivity index (χ2v) is 7.77. The summed E-state index contributed by atoms with van der Waals surface area (Å²) in [6.45, 7) is 0.521. The maximum absolute atomic E-state index is 13.5. The number of benzene rings is 2. The fraction of sp³-hybridized carbons (Fsp3) is 0.200. The molecule has 10 heteroatoms. The maximum Gasteiger partial charge on any atom is 0.355 e. The standard InChI is InChI=1S/C25H26N6O4/c1-34-20-9-5-17(6-10-20)15-30-23(28-14-19-4-3-13-27-22(19)26)29-24(32)31(25(30)33)16-18-7-11-21(35-2)12-8-18/h3-13H,14-16H2,1-2H3,(H2,26,27)(H,28,29,32). The van der Waals surface area contributed by atoms with E-state index >= 15 is 0 Å². The zero-order valence-corrected chi connectivity index (χ0v) is 19.5. The summed E-state index contributed by atoms with van der Waals surface area (Å²) in [4.78, 5) is 34.6. The molecule has 0 saturated carbocycles. The zero-order valence-electron chi connectivity index (χ0n) is 19.5. The van der Waals surface area contributed by atoms with Crippen LogP contribution in [0.15, 0.2) is 76.4 Å². The van der Waals surface area contributed by atoms with Gasteiger partial charge >= 0.3 is 11.4 Å². The van der Waals surface area contributed by atoms with Crippen molar-refractivity contribution in [1.82, 2.24) is 19.1 Å². The Morgan fingerprint density at radius 3 is 1.97 bits per heavy atom. The number of nitrogens with two attached hydrogens (primary N) is 1. The first-order chi connectivity index (χ1) is 17.0. The molecule has 4 aromatic rings. The van der Waals surface area contributed by atoms with E-state index in [0.29, 0.717) is 17.3 Å². The van der Waals surface area contributed by atoms with Crippen LogP contribution in [0.4, 0.5) is 11.8 Å². The second kappa shape index (κ2) is 10.6. The highest BCUT2D eigenvalue weighted by Gasteiger charge is 2.15. The highest BCUT2D eigenvalue weighted by molar-refractivity contribution is 5.41. The van der Waals surface area contributed by atoms with E-state index < -0.39 is 11.4 Å². The highest BCUT2D eigenvalue weighted by Crippen LogP contribution is 2.15. The molecule has 0 aliphatic rings. The van der Waals surface area contributed by atoms with E-state index in [0.717, 1.165) is 21.3 Å². The number of pyridine rings is 1. The zero-order chi connectivity index (χ0) is 24.8. The van der Waals surface area contributed by atoms with Crippen molar-refractivity contribution in [2.75, 3.05) is 25.3 Å². The number of nitrogen functional groups attached to an aromatic ring is 1. The molecule has 10 nitrogen and oxygen atoms in total. The van der Waals surface area contributed by atoms with Gasteiger partial charge in [0.15, 0.2) is 0 Å². The molecule has 3 N–H and O–H groups in total. The number of anilines is 2. The fourth-order valence-electron chi connectivity index (χ4n) is 3.54. The van der Waals surface area contributed by atoms with Crippen molar-refractivity contribution in [3.63, 3.8) is 0 Å². The Kier molecular flexibility index (Phi) is 7.10. The van der Waals surface area contributed by atoms with Crippen LogP contribution in [0.2, 0.25) is 0 Å². The molecule has 0 spiro atoms. The Bertz CT molecular complexity index is 1410. The summed E-state index contributed by atoms with van der Waals surface area (Å²) in [5.74, 6) is 1.89. The molecule has 0 saturated heterocycles. The summed E-state index contributed by atoms with van der Waals surface area (Å²) in [6.07, 6.45) is 1.59. The average Bonchev–Trinajstić information content (AvgIpc) is 2.88. The quantitative estimate of drug-likeness (QED) is 0.378. The first kappa shape index (κ1) is 23.6. The van der Waals surface area contributed by atoms with E-state index in [1.807, 2.05) is 30.3 Å². The van der Waals surface area contributed by atoms with Gasteiger partial charge in [0.1, 0.15) is 17.3 Å². The fourth-order valence-corrected chi connectivity index (χ4v) is 3.54. The number of methoxy groups -OCH3 is 2. The lowest BCUT2D eigenvalue weighted by Crippen LogP contribution is -2.43. The van der Waals surface area contributed by atoms with Crippen molar-refractivity contribution >= 4 is 11.8 Å². The van der Waals surface area contributed by atoms with Crippen LogP contribution in [0.1, 0.15) is 16.7 Å². The van der Waals surface area contributed by atoms with Gasteiger partial charge in [0.05, 0.1) is 27.3 Å². The van der Waals surface area contributed by atoms with E-state index in [1.165, 1.54) is 4.57 Å². The Balaban J connectivity index is 1.71. The van der Waals surface area contributed by atoms with Crippen molar-refractivity contribution in [3.8, 4) is 11.5 Å². The summed E-state index contributed by atoms with van der Waals surface area (Å²) in [5.41, 5.74) is 7.13. The largest absolute Gasteiger partial charge is 0.497 e. The van der Waals surface area contributed by atoms with Gasteiger partial charge in [0.2, 0.25) is 5.95 Å². The molecule has 2 aromatic carbocycles. The number of nitrogens with one attached hydrogen (secondary N) is 1. The molecule has 2 aromatic heterocycles. The monoisotopic (exact) mass is 474 g/mol. The van der Waals surface area contributed by atoms with Crippen LogP contribution in [-0.4, -0.2) is 33.3 Å². The van der Waals surface area contributed by atoms with Crippen molar-refractivity contribution in [1.29, 1.82) is 0 Å². The summed E-state index contributed by atoms with van der Waals surface area (Å²) in [7, 11) is 3.16. The molecule has 0 aliphatic heterocycles. The maximum atomic E-state index is 13.5. The lowest BCUT2D eigenvalue weighted by atomic mass is 10.2. The Morgan fingerprint density at radius 1 is 0.857 bits per heavy atom. The molecular weight excluding hydrogens is 448 g/mol. The third kappa shape index (κ3) is 5.49. The van der Waals surface area contributed by atoms with E-state index in [2.05, 4.69) is 15.3 Å². The van der Waals surface area contributed by atoms with Gasteiger partial charge in [-0.25, -0.2) is 19.1 Å². The van der Waals surface area contributed by atoms with Gasteiger partial charge in [-0.1, -0.05) is 30.3 Å². The van der Waals surface area contributed by atoms with Crippen LogP contribution in [0.5, 0.6) is 11.5 Å². The topological polar surface area (TPSA) is 126 Å². The Morgan fingerprint density at radius 2 is 1.43 bits per heavy atom. The molecule has 0 bridgehead atoms. The predicted molar refractivity (Wildman–Crippen MR) is 133 cm³/mol. The van der Waals surface area contributed by atoms with Gasteiger partial charge in [-0.05, 0) is 41.5 Å². The van der Waals surface area contributed by atoms with Crippen LogP contribution < -0.4 is 31.9 Å². The Labute approximate surface area is 201 Å². The lowest BCUT2D eigenvalue weighted by molar-refractivity contribution is 0.414. The predicted octanol–water partition coefficient (Wildman–Crippen LogP) is 2.11. The minimum absolute atomic E-state index is 0.0765. The second-order valence-electron chi connectivity index (χ2n) is 7.77. The van der Waals surface area contributed by atoms with Gasteiger partial charge in [-0.3, -0.25) is 4.57 Å². The van der Waals surface area contributed by atoms with Gasteiger partial charge in [0, 0.05) is 18.3 Å². The first-order valence-electron chi connectivity index (χ1n) is 10.9. The average molecular weight is 475 g/mol. The molecule has 2 heterocycles. The number of ether oxygens (including phenoxy) is 2. The third-order valence-electron chi connectivity index (χ3n) is 5.51. The van der Waals surface area contributed by atoms with E-state index in [4.69, 9.17) is 15.2 Å². The molecule has 0 atom stereocenters. The molecule has 0 unspecified atom stereocenters. The van der Waals surface area contributed by atoms with Gasteiger partial charge < -0.3 is 20.5 Å². The van der Waals surface area contributed by atoms with E-state index in [1.54, 1.807) is 50.7 Å².